The summed E-state index contributed by atoms with van der Waals surface area (Å²) in [6.07, 6.45) is 6.25. The van der Waals surface area contributed by atoms with Crippen molar-refractivity contribution in [3.05, 3.63) is 77.6 Å². The molecule has 1 saturated carbocycles. The van der Waals surface area contributed by atoms with Gasteiger partial charge in [0, 0.05) is 32.7 Å². The molecule has 1 aliphatic carbocycles. The minimum atomic E-state index is 0.108. The second-order valence-electron chi connectivity index (χ2n) is 8.88. The molecule has 5 rings (SSSR count). The Labute approximate surface area is 184 Å². The molecule has 0 bridgehead atoms. The average Bonchev–Trinajstić information content (AvgIpc) is 3.32. The lowest BCUT2D eigenvalue weighted by molar-refractivity contribution is 0.0986. The van der Waals surface area contributed by atoms with Crippen LogP contribution in [0.15, 0.2) is 60.7 Å². The number of tetrazole rings is 1. The van der Waals surface area contributed by atoms with E-state index in [1.807, 2.05) is 0 Å². The first-order chi connectivity index (χ1) is 15.4. The quantitative estimate of drug-likeness (QED) is 0.606. The van der Waals surface area contributed by atoms with Crippen LogP contribution >= 0.6 is 0 Å². The lowest BCUT2D eigenvalue weighted by Crippen LogP contribution is -2.48. The van der Waals surface area contributed by atoms with Gasteiger partial charge in [-0.05, 0) is 34.4 Å². The fourth-order valence-electron chi connectivity index (χ4n) is 5.15. The van der Waals surface area contributed by atoms with Crippen molar-refractivity contribution in [2.24, 2.45) is 0 Å². The van der Waals surface area contributed by atoms with Crippen LogP contribution < -0.4 is 0 Å². The molecular weight excluding hydrogens is 384 g/mol. The van der Waals surface area contributed by atoms with Crippen LogP contribution in [0.25, 0.3) is 0 Å². The van der Waals surface area contributed by atoms with E-state index in [0.29, 0.717) is 6.04 Å². The summed E-state index contributed by atoms with van der Waals surface area (Å²) < 4.78 is 2.15. The van der Waals surface area contributed by atoms with Crippen LogP contribution in [0.2, 0.25) is 0 Å². The largest absolute Gasteiger partial charge is 0.297 e. The van der Waals surface area contributed by atoms with E-state index in [9.17, 15) is 0 Å². The normalized spacial score (nSPS) is 20.0. The Morgan fingerprint density at radius 2 is 1.48 bits per heavy atom. The zero-order chi connectivity index (χ0) is 20.9. The molecule has 2 aliphatic rings. The fraction of sp³-hybridized carbons (Fsp3) is 0.480. The van der Waals surface area contributed by atoms with E-state index in [1.165, 1.54) is 43.2 Å². The molecule has 1 atom stereocenters. The van der Waals surface area contributed by atoms with Crippen molar-refractivity contribution in [3.8, 4) is 0 Å². The van der Waals surface area contributed by atoms with Gasteiger partial charge in [0.25, 0.3) is 0 Å². The Hall–Kier alpha value is -2.57. The molecule has 2 aromatic carbocycles. The fourth-order valence-corrected chi connectivity index (χ4v) is 5.15. The standard InChI is InChI=1S/C25H32N6/c1-4-10-21(11-5-1)20-29-16-18-30(19-17-29)24(22-12-6-2-7-13-22)25-26-27-28-31(25)23-14-8-3-9-15-23/h1-2,4-7,10-13,23-24H,3,8-9,14-20H2/t24-/m1/s1. The van der Waals surface area contributed by atoms with Gasteiger partial charge in [-0.15, -0.1) is 5.10 Å². The zero-order valence-corrected chi connectivity index (χ0v) is 18.2. The summed E-state index contributed by atoms with van der Waals surface area (Å²) in [4.78, 5) is 5.12. The maximum absolute atomic E-state index is 4.58. The van der Waals surface area contributed by atoms with Crippen molar-refractivity contribution in [3.63, 3.8) is 0 Å². The molecule has 1 saturated heterocycles. The summed E-state index contributed by atoms with van der Waals surface area (Å²) >= 11 is 0. The van der Waals surface area contributed by atoms with Gasteiger partial charge in [-0.25, -0.2) is 4.68 Å². The van der Waals surface area contributed by atoms with E-state index in [1.54, 1.807) is 0 Å². The topological polar surface area (TPSA) is 50.1 Å². The molecule has 6 nitrogen and oxygen atoms in total. The summed E-state index contributed by atoms with van der Waals surface area (Å²) in [7, 11) is 0. The second-order valence-corrected chi connectivity index (χ2v) is 8.88. The number of hydrogen-bond donors (Lipinski definition) is 0. The van der Waals surface area contributed by atoms with E-state index in [2.05, 4.69) is 90.7 Å². The molecule has 0 unspecified atom stereocenters. The molecule has 0 spiro atoms. The van der Waals surface area contributed by atoms with Crippen molar-refractivity contribution in [2.75, 3.05) is 26.2 Å². The van der Waals surface area contributed by atoms with Gasteiger partial charge in [0.05, 0.1) is 12.1 Å². The molecule has 162 valence electrons. The van der Waals surface area contributed by atoms with Crippen LogP contribution in [0.4, 0.5) is 0 Å². The first-order valence-electron chi connectivity index (χ1n) is 11.7. The van der Waals surface area contributed by atoms with Crippen LogP contribution in [0.3, 0.4) is 0 Å². The van der Waals surface area contributed by atoms with Crippen LogP contribution in [0.1, 0.15) is 61.1 Å². The van der Waals surface area contributed by atoms with Gasteiger partial charge >= 0.3 is 0 Å². The highest BCUT2D eigenvalue weighted by Crippen LogP contribution is 2.33. The van der Waals surface area contributed by atoms with E-state index in [4.69, 9.17) is 0 Å². The Morgan fingerprint density at radius 1 is 0.806 bits per heavy atom. The van der Waals surface area contributed by atoms with Gasteiger partial charge in [-0.3, -0.25) is 9.80 Å². The van der Waals surface area contributed by atoms with Crippen molar-refractivity contribution in [1.29, 1.82) is 0 Å². The summed E-state index contributed by atoms with van der Waals surface area (Å²) in [5.74, 6) is 1.01. The number of hydrogen-bond acceptors (Lipinski definition) is 5. The molecule has 31 heavy (non-hydrogen) atoms. The number of piperazine rings is 1. The molecule has 3 aromatic rings. The second kappa shape index (κ2) is 9.71. The van der Waals surface area contributed by atoms with Crippen LogP contribution in [0, 0.1) is 0 Å². The number of aromatic nitrogens is 4. The molecule has 6 heteroatoms. The lowest BCUT2D eigenvalue weighted by atomic mass is 9.95. The molecule has 0 radical (unpaired) electrons. The minimum absolute atomic E-state index is 0.108. The van der Waals surface area contributed by atoms with Crippen molar-refractivity contribution in [1.82, 2.24) is 30.0 Å². The van der Waals surface area contributed by atoms with Gasteiger partial charge in [-0.1, -0.05) is 79.9 Å². The highest BCUT2D eigenvalue weighted by molar-refractivity contribution is 5.25. The zero-order valence-electron chi connectivity index (χ0n) is 18.2. The van der Waals surface area contributed by atoms with Gasteiger partial charge in [-0.2, -0.15) is 0 Å². The predicted molar refractivity (Wildman–Crippen MR) is 122 cm³/mol. The van der Waals surface area contributed by atoms with Gasteiger partial charge in [0.1, 0.15) is 0 Å². The van der Waals surface area contributed by atoms with Crippen molar-refractivity contribution in [2.45, 2.75) is 50.7 Å². The van der Waals surface area contributed by atoms with Crippen molar-refractivity contribution >= 4 is 0 Å². The highest BCUT2D eigenvalue weighted by Gasteiger charge is 2.32. The Kier molecular flexibility index (Phi) is 6.37. The van der Waals surface area contributed by atoms with Crippen LogP contribution in [-0.4, -0.2) is 56.2 Å². The summed E-state index contributed by atoms with van der Waals surface area (Å²) in [5, 5.41) is 13.2. The monoisotopic (exact) mass is 416 g/mol. The smallest absolute Gasteiger partial charge is 0.173 e. The maximum atomic E-state index is 4.58. The van der Waals surface area contributed by atoms with Gasteiger partial charge < -0.3 is 0 Å². The average molecular weight is 417 g/mol. The third kappa shape index (κ3) is 4.70. The molecule has 0 N–H and O–H groups in total. The minimum Gasteiger partial charge on any atom is -0.297 e. The molecule has 0 amide bonds. The van der Waals surface area contributed by atoms with Gasteiger partial charge in [0.2, 0.25) is 0 Å². The number of rotatable bonds is 6. The first-order valence-corrected chi connectivity index (χ1v) is 11.7. The summed E-state index contributed by atoms with van der Waals surface area (Å²) in [6.45, 7) is 5.17. The highest BCUT2D eigenvalue weighted by atomic mass is 15.6. The molecule has 1 aliphatic heterocycles. The van der Waals surface area contributed by atoms with E-state index < -0.39 is 0 Å². The van der Waals surface area contributed by atoms with Crippen molar-refractivity contribution < 1.29 is 0 Å². The molecule has 1 aromatic heterocycles. The summed E-state index contributed by atoms with van der Waals surface area (Å²) in [6, 6.07) is 22.1. The predicted octanol–water partition coefficient (Wildman–Crippen LogP) is 4.09. The Balaban J connectivity index is 1.36. The molecule has 2 heterocycles. The van der Waals surface area contributed by atoms with E-state index >= 15 is 0 Å². The number of nitrogens with zero attached hydrogens (tertiary/aromatic N) is 6. The van der Waals surface area contributed by atoms with E-state index in [0.717, 1.165) is 38.5 Å². The van der Waals surface area contributed by atoms with E-state index in [-0.39, 0.29) is 6.04 Å². The lowest BCUT2D eigenvalue weighted by Gasteiger charge is -2.39. The SMILES string of the molecule is c1ccc(CN2CCN([C@H](c3ccccc3)c3nnnn3C3CCCCC3)CC2)cc1. The summed E-state index contributed by atoms with van der Waals surface area (Å²) in [5.41, 5.74) is 2.67. The Bertz CT molecular complexity index is 927. The Morgan fingerprint density at radius 3 is 2.19 bits per heavy atom. The third-order valence-corrected chi connectivity index (χ3v) is 6.82. The van der Waals surface area contributed by atoms with Gasteiger partial charge in [0.15, 0.2) is 5.82 Å². The first kappa shape index (κ1) is 20.3. The molecular formula is C25H32N6. The van der Waals surface area contributed by atoms with Crippen LogP contribution in [-0.2, 0) is 6.54 Å². The van der Waals surface area contributed by atoms with Crippen LogP contribution in [0.5, 0.6) is 0 Å². The third-order valence-electron chi connectivity index (χ3n) is 6.82. The molecule has 2 fully saturated rings. The number of benzene rings is 2. The maximum Gasteiger partial charge on any atom is 0.173 e.